The van der Waals surface area contributed by atoms with Crippen molar-refractivity contribution in [1.82, 2.24) is 19.7 Å². The number of thiazole rings is 1. The van der Waals surface area contributed by atoms with Crippen molar-refractivity contribution in [3.05, 3.63) is 74.6 Å². The number of carbonyl (C=O) groups is 2. The molecule has 0 aliphatic heterocycles. The second-order valence-corrected chi connectivity index (χ2v) is 7.29. The van der Waals surface area contributed by atoms with E-state index in [4.69, 9.17) is 0 Å². The summed E-state index contributed by atoms with van der Waals surface area (Å²) < 4.78 is 1.23. The Morgan fingerprint density at radius 2 is 1.86 bits per heavy atom. The molecule has 0 radical (unpaired) electrons. The Bertz CT molecular complexity index is 1070. The van der Waals surface area contributed by atoms with Gasteiger partial charge in [0.15, 0.2) is 5.13 Å². The standard InChI is InChI=1S/C19H19N5O3S/c1-12-16(18(27)23(2)3)28-19(20-12)21-17(26)14-9-10-15(25)24(22-14)11-13-7-5-4-6-8-13/h4-10H,11H2,1-3H3,(H,20,21,26). The van der Waals surface area contributed by atoms with E-state index in [1.54, 1.807) is 21.0 Å². The summed E-state index contributed by atoms with van der Waals surface area (Å²) in [5.41, 5.74) is 1.23. The molecule has 1 aromatic carbocycles. The Morgan fingerprint density at radius 1 is 1.14 bits per heavy atom. The summed E-state index contributed by atoms with van der Waals surface area (Å²) in [7, 11) is 3.30. The first-order valence-electron chi connectivity index (χ1n) is 8.47. The lowest BCUT2D eigenvalue weighted by Gasteiger charge is -2.08. The summed E-state index contributed by atoms with van der Waals surface area (Å²) in [5, 5.41) is 7.09. The first-order chi connectivity index (χ1) is 13.3. The van der Waals surface area contributed by atoms with Gasteiger partial charge in [-0.15, -0.1) is 0 Å². The Kier molecular flexibility index (Phi) is 5.65. The van der Waals surface area contributed by atoms with Crippen molar-refractivity contribution >= 4 is 28.3 Å². The van der Waals surface area contributed by atoms with Crippen molar-refractivity contribution in [2.24, 2.45) is 0 Å². The third kappa shape index (κ3) is 4.32. The van der Waals surface area contributed by atoms with E-state index in [1.165, 1.54) is 21.7 Å². The molecule has 0 aliphatic rings. The summed E-state index contributed by atoms with van der Waals surface area (Å²) in [4.78, 5) is 42.9. The van der Waals surface area contributed by atoms with Gasteiger partial charge >= 0.3 is 0 Å². The lowest BCUT2D eigenvalue weighted by atomic mass is 10.2. The van der Waals surface area contributed by atoms with E-state index in [-0.39, 0.29) is 23.7 Å². The fourth-order valence-corrected chi connectivity index (χ4v) is 3.44. The fourth-order valence-electron chi connectivity index (χ4n) is 2.45. The second-order valence-electron chi connectivity index (χ2n) is 6.29. The van der Waals surface area contributed by atoms with Crippen LogP contribution in [0.4, 0.5) is 5.13 Å². The first-order valence-corrected chi connectivity index (χ1v) is 9.29. The van der Waals surface area contributed by atoms with Crippen LogP contribution in [0.25, 0.3) is 0 Å². The van der Waals surface area contributed by atoms with Crippen LogP contribution in [0.5, 0.6) is 0 Å². The second kappa shape index (κ2) is 8.13. The Morgan fingerprint density at radius 3 is 2.54 bits per heavy atom. The molecule has 0 saturated heterocycles. The predicted molar refractivity (Wildman–Crippen MR) is 107 cm³/mol. The van der Waals surface area contributed by atoms with Gasteiger partial charge in [0.25, 0.3) is 17.4 Å². The van der Waals surface area contributed by atoms with Crippen LogP contribution < -0.4 is 10.9 Å². The SMILES string of the molecule is Cc1nc(NC(=O)c2ccc(=O)n(Cc3ccccc3)n2)sc1C(=O)N(C)C. The smallest absolute Gasteiger partial charge is 0.277 e. The lowest BCUT2D eigenvalue weighted by Crippen LogP contribution is -2.26. The van der Waals surface area contributed by atoms with Crippen molar-refractivity contribution in [2.75, 3.05) is 19.4 Å². The normalized spacial score (nSPS) is 10.5. The number of nitrogens with zero attached hydrogens (tertiary/aromatic N) is 4. The van der Waals surface area contributed by atoms with Crippen LogP contribution in [-0.2, 0) is 6.54 Å². The highest BCUT2D eigenvalue weighted by Crippen LogP contribution is 2.23. The maximum Gasteiger partial charge on any atom is 0.277 e. The molecule has 3 aromatic rings. The highest BCUT2D eigenvalue weighted by molar-refractivity contribution is 7.17. The molecular formula is C19H19N5O3S. The van der Waals surface area contributed by atoms with E-state index in [0.29, 0.717) is 15.7 Å². The van der Waals surface area contributed by atoms with E-state index in [1.807, 2.05) is 30.3 Å². The summed E-state index contributed by atoms with van der Waals surface area (Å²) in [5.74, 6) is -0.676. The average Bonchev–Trinajstić information content (AvgIpc) is 3.03. The maximum absolute atomic E-state index is 12.5. The number of nitrogens with one attached hydrogen (secondary N) is 1. The molecule has 2 amide bonds. The van der Waals surface area contributed by atoms with Gasteiger partial charge < -0.3 is 4.90 Å². The summed E-state index contributed by atoms with van der Waals surface area (Å²) >= 11 is 1.10. The van der Waals surface area contributed by atoms with E-state index in [9.17, 15) is 14.4 Å². The molecule has 28 heavy (non-hydrogen) atoms. The van der Waals surface area contributed by atoms with Gasteiger partial charge in [0.1, 0.15) is 10.6 Å². The molecule has 8 nitrogen and oxygen atoms in total. The molecule has 0 bridgehead atoms. The van der Waals surface area contributed by atoms with Crippen LogP contribution in [0.1, 0.15) is 31.4 Å². The van der Waals surface area contributed by atoms with Crippen molar-refractivity contribution in [3.63, 3.8) is 0 Å². The third-order valence-corrected chi connectivity index (χ3v) is 4.95. The zero-order chi connectivity index (χ0) is 20.3. The van der Waals surface area contributed by atoms with Gasteiger partial charge in [-0.1, -0.05) is 41.7 Å². The number of benzene rings is 1. The van der Waals surface area contributed by atoms with Crippen LogP contribution in [0.15, 0.2) is 47.3 Å². The van der Waals surface area contributed by atoms with E-state index in [2.05, 4.69) is 15.4 Å². The van der Waals surface area contributed by atoms with Gasteiger partial charge in [-0.2, -0.15) is 5.10 Å². The number of anilines is 1. The summed E-state index contributed by atoms with van der Waals surface area (Å²) in [6, 6.07) is 12.0. The molecule has 0 fully saturated rings. The number of hydrogen-bond acceptors (Lipinski definition) is 6. The van der Waals surface area contributed by atoms with Crippen LogP contribution in [0.3, 0.4) is 0 Å². The van der Waals surface area contributed by atoms with Gasteiger partial charge in [0, 0.05) is 20.2 Å². The van der Waals surface area contributed by atoms with E-state index in [0.717, 1.165) is 16.9 Å². The van der Waals surface area contributed by atoms with Gasteiger partial charge in [-0.25, -0.2) is 9.67 Å². The Hall–Kier alpha value is -3.33. The highest BCUT2D eigenvalue weighted by Gasteiger charge is 2.19. The van der Waals surface area contributed by atoms with Crippen LogP contribution in [0, 0.1) is 6.92 Å². The van der Waals surface area contributed by atoms with E-state index >= 15 is 0 Å². The Labute approximate surface area is 165 Å². The van der Waals surface area contributed by atoms with Gasteiger partial charge in [0.2, 0.25) is 0 Å². The minimum atomic E-state index is -0.501. The minimum Gasteiger partial charge on any atom is -0.344 e. The number of aryl methyl sites for hydroxylation is 1. The number of hydrogen-bond donors (Lipinski definition) is 1. The molecule has 3 rings (SSSR count). The highest BCUT2D eigenvalue weighted by atomic mass is 32.1. The largest absolute Gasteiger partial charge is 0.344 e. The number of rotatable bonds is 5. The molecule has 2 heterocycles. The molecule has 0 aliphatic carbocycles. The van der Waals surface area contributed by atoms with Crippen molar-refractivity contribution in [3.8, 4) is 0 Å². The Balaban J connectivity index is 1.80. The average molecular weight is 397 g/mol. The van der Waals surface area contributed by atoms with Crippen molar-refractivity contribution in [2.45, 2.75) is 13.5 Å². The molecule has 1 N–H and O–H groups in total. The van der Waals surface area contributed by atoms with Gasteiger partial charge in [0.05, 0.1) is 12.2 Å². The van der Waals surface area contributed by atoms with Crippen LogP contribution in [-0.4, -0.2) is 45.6 Å². The summed E-state index contributed by atoms with van der Waals surface area (Å²) in [6.07, 6.45) is 0. The first kappa shape index (κ1) is 19.4. The molecule has 0 unspecified atom stereocenters. The molecular weight excluding hydrogens is 378 g/mol. The van der Waals surface area contributed by atoms with Crippen molar-refractivity contribution in [1.29, 1.82) is 0 Å². The summed E-state index contributed by atoms with van der Waals surface area (Å²) in [6.45, 7) is 1.97. The maximum atomic E-state index is 12.5. The van der Waals surface area contributed by atoms with Gasteiger partial charge in [-0.3, -0.25) is 19.7 Å². The van der Waals surface area contributed by atoms with Gasteiger partial charge in [-0.05, 0) is 18.6 Å². The molecule has 0 spiro atoms. The number of carbonyl (C=O) groups excluding carboxylic acids is 2. The zero-order valence-electron chi connectivity index (χ0n) is 15.7. The number of amides is 2. The third-order valence-electron chi connectivity index (χ3n) is 3.89. The molecule has 9 heteroatoms. The monoisotopic (exact) mass is 397 g/mol. The minimum absolute atomic E-state index is 0.0869. The molecule has 2 aromatic heterocycles. The molecule has 144 valence electrons. The molecule has 0 saturated carbocycles. The van der Waals surface area contributed by atoms with Crippen LogP contribution in [0.2, 0.25) is 0 Å². The predicted octanol–water partition coefficient (Wildman–Crippen LogP) is 2.01. The zero-order valence-corrected chi connectivity index (χ0v) is 16.5. The topological polar surface area (TPSA) is 97.2 Å². The number of aromatic nitrogens is 3. The van der Waals surface area contributed by atoms with Crippen LogP contribution >= 0.6 is 11.3 Å². The van der Waals surface area contributed by atoms with E-state index < -0.39 is 5.91 Å². The lowest BCUT2D eigenvalue weighted by molar-refractivity contribution is 0.0831. The fraction of sp³-hybridized carbons (Fsp3) is 0.211. The molecule has 0 atom stereocenters. The quantitative estimate of drug-likeness (QED) is 0.710. The van der Waals surface area contributed by atoms with Crippen molar-refractivity contribution < 1.29 is 9.59 Å².